The van der Waals surface area contributed by atoms with E-state index in [-0.39, 0.29) is 0 Å². The van der Waals surface area contributed by atoms with Crippen LogP contribution in [0.3, 0.4) is 0 Å². The number of hydrogen-bond donors (Lipinski definition) is 1. The van der Waals surface area contributed by atoms with Gasteiger partial charge in [0.2, 0.25) is 0 Å². The Bertz CT molecular complexity index is 436. The SMILES string of the molecule is COCCNCc1cnc(C2CC3CCC(C2)N3C)nc1. The third kappa shape index (κ3) is 3.42. The van der Waals surface area contributed by atoms with Gasteiger partial charge in [0.1, 0.15) is 5.82 Å². The Labute approximate surface area is 127 Å². The van der Waals surface area contributed by atoms with Gasteiger partial charge in [-0.1, -0.05) is 0 Å². The summed E-state index contributed by atoms with van der Waals surface area (Å²) in [4.78, 5) is 11.8. The number of nitrogens with one attached hydrogen (secondary N) is 1. The lowest BCUT2D eigenvalue weighted by Crippen LogP contribution is -2.39. The van der Waals surface area contributed by atoms with Crippen LogP contribution in [0, 0.1) is 0 Å². The molecule has 21 heavy (non-hydrogen) atoms. The Morgan fingerprint density at radius 1 is 1.24 bits per heavy atom. The highest BCUT2D eigenvalue weighted by Gasteiger charge is 2.39. The maximum atomic E-state index is 5.02. The molecule has 3 heterocycles. The van der Waals surface area contributed by atoms with Crippen molar-refractivity contribution in [2.24, 2.45) is 0 Å². The smallest absolute Gasteiger partial charge is 0.131 e. The van der Waals surface area contributed by atoms with Gasteiger partial charge in [0, 0.05) is 56.2 Å². The van der Waals surface area contributed by atoms with Gasteiger partial charge in [-0.3, -0.25) is 0 Å². The topological polar surface area (TPSA) is 50.3 Å². The Morgan fingerprint density at radius 2 is 1.90 bits per heavy atom. The molecule has 1 N–H and O–H groups in total. The highest BCUT2D eigenvalue weighted by Crippen LogP contribution is 2.40. The largest absolute Gasteiger partial charge is 0.383 e. The maximum absolute atomic E-state index is 5.02. The minimum absolute atomic E-state index is 0.550. The number of fused-ring (bicyclic) bond motifs is 2. The second kappa shape index (κ2) is 6.81. The lowest BCUT2D eigenvalue weighted by molar-refractivity contribution is 0.159. The van der Waals surface area contributed by atoms with Crippen LogP contribution in [0.2, 0.25) is 0 Å². The average molecular weight is 290 g/mol. The van der Waals surface area contributed by atoms with E-state index in [1.807, 2.05) is 12.4 Å². The quantitative estimate of drug-likeness (QED) is 0.806. The molecule has 5 nitrogen and oxygen atoms in total. The van der Waals surface area contributed by atoms with E-state index in [9.17, 15) is 0 Å². The van der Waals surface area contributed by atoms with Crippen molar-refractivity contribution in [1.82, 2.24) is 20.2 Å². The minimum atomic E-state index is 0.550. The van der Waals surface area contributed by atoms with Crippen molar-refractivity contribution in [1.29, 1.82) is 0 Å². The van der Waals surface area contributed by atoms with Crippen LogP contribution < -0.4 is 5.32 Å². The zero-order chi connectivity index (χ0) is 14.7. The first-order valence-corrected chi connectivity index (χ1v) is 8.00. The fourth-order valence-corrected chi connectivity index (χ4v) is 3.70. The molecule has 2 aliphatic rings. The molecular formula is C16H26N4O. The normalized spacial score (nSPS) is 29.0. The first-order chi connectivity index (χ1) is 10.3. The van der Waals surface area contributed by atoms with Gasteiger partial charge in [0.05, 0.1) is 6.61 Å². The fourth-order valence-electron chi connectivity index (χ4n) is 3.70. The molecule has 1 aromatic rings. The summed E-state index contributed by atoms with van der Waals surface area (Å²) in [6.45, 7) is 2.40. The molecule has 0 aromatic carbocycles. The van der Waals surface area contributed by atoms with Gasteiger partial charge >= 0.3 is 0 Å². The first-order valence-electron chi connectivity index (χ1n) is 8.00. The van der Waals surface area contributed by atoms with Crippen LogP contribution in [-0.4, -0.2) is 54.3 Å². The fraction of sp³-hybridized carbons (Fsp3) is 0.750. The summed E-state index contributed by atoms with van der Waals surface area (Å²) in [5.41, 5.74) is 1.14. The molecule has 0 aliphatic carbocycles. The molecule has 1 aromatic heterocycles. The Morgan fingerprint density at radius 3 is 2.52 bits per heavy atom. The second-order valence-electron chi connectivity index (χ2n) is 6.34. The van der Waals surface area contributed by atoms with Crippen LogP contribution in [-0.2, 0) is 11.3 Å². The number of piperidine rings is 1. The highest BCUT2D eigenvalue weighted by atomic mass is 16.5. The number of ether oxygens (including phenoxy) is 1. The molecule has 3 rings (SSSR count). The molecule has 2 bridgehead atoms. The van der Waals surface area contributed by atoms with Gasteiger partial charge in [-0.2, -0.15) is 0 Å². The van der Waals surface area contributed by atoms with E-state index in [4.69, 9.17) is 4.74 Å². The van der Waals surface area contributed by atoms with Gasteiger partial charge in [0.15, 0.2) is 0 Å². The molecule has 2 unspecified atom stereocenters. The summed E-state index contributed by atoms with van der Waals surface area (Å²) in [6.07, 6.45) is 9.08. The maximum Gasteiger partial charge on any atom is 0.131 e. The Balaban J connectivity index is 1.55. The van der Waals surface area contributed by atoms with Crippen LogP contribution in [0.25, 0.3) is 0 Å². The summed E-state index contributed by atoms with van der Waals surface area (Å²) in [5.74, 6) is 1.59. The lowest BCUT2D eigenvalue weighted by atomic mass is 9.90. The Hall–Kier alpha value is -1.04. The average Bonchev–Trinajstić information content (AvgIpc) is 2.74. The van der Waals surface area contributed by atoms with Gasteiger partial charge in [0.25, 0.3) is 0 Å². The van der Waals surface area contributed by atoms with Crippen molar-refractivity contribution in [3.63, 3.8) is 0 Å². The van der Waals surface area contributed by atoms with Gasteiger partial charge in [-0.05, 0) is 32.7 Å². The summed E-state index contributed by atoms with van der Waals surface area (Å²) in [7, 11) is 3.99. The van der Waals surface area contributed by atoms with Crippen LogP contribution in [0.5, 0.6) is 0 Å². The van der Waals surface area contributed by atoms with Crippen molar-refractivity contribution >= 4 is 0 Å². The third-order valence-corrected chi connectivity index (χ3v) is 5.00. The summed E-state index contributed by atoms with van der Waals surface area (Å²) >= 11 is 0. The molecule has 0 saturated carbocycles. The molecular weight excluding hydrogens is 264 g/mol. The molecule has 116 valence electrons. The summed E-state index contributed by atoms with van der Waals surface area (Å²) in [6, 6.07) is 1.49. The van der Waals surface area contributed by atoms with Crippen LogP contribution in [0.15, 0.2) is 12.4 Å². The van der Waals surface area contributed by atoms with Crippen molar-refractivity contribution in [3.05, 3.63) is 23.8 Å². The predicted octanol–water partition coefficient (Wildman–Crippen LogP) is 1.55. The Kier molecular flexibility index (Phi) is 4.83. The zero-order valence-corrected chi connectivity index (χ0v) is 13.1. The van der Waals surface area contributed by atoms with Gasteiger partial charge in [-0.25, -0.2) is 9.97 Å². The number of aromatic nitrogens is 2. The van der Waals surface area contributed by atoms with Crippen molar-refractivity contribution < 1.29 is 4.74 Å². The van der Waals surface area contributed by atoms with E-state index >= 15 is 0 Å². The van der Waals surface area contributed by atoms with Gasteiger partial charge in [-0.15, -0.1) is 0 Å². The molecule has 0 spiro atoms. The molecule has 5 heteroatoms. The molecule has 0 radical (unpaired) electrons. The van der Waals surface area contributed by atoms with E-state index in [0.29, 0.717) is 5.92 Å². The standard InChI is InChI=1S/C16H26N4O/c1-20-14-3-4-15(20)8-13(7-14)16-18-10-12(11-19-16)9-17-5-6-21-2/h10-11,13-15,17H,3-9H2,1-2H3. The molecule has 2 aliphatic heterocycles. The van der Waals surface area contributed by atoms with Crippen LogP contribution >= 0.6 is 0 Å². The molecule has 2 fully saturated rings. The van der Waals surface area contributed by atoms with E-state index in [0.717, 1.165) is 43.2 Å². The number of nitrogens with zero attached hydrogens (tertiary/aromatic N) is 3. The lowest BCUT2D eigenvalue weighted by Gasteiger charge is -2.35. The zero-order valence-electron chi connectivity index (χ0n) is 13.1. The second-order valence-corrected chi connectivity index (χ2v) is 6.34. The summed E-state index contributed by atoms with van der Waals surface area (Å²) < 4.78 is 5.02. The van der Waals surface area contributed by atoms with E-state index < -0.39 is 0 Å². The van der Waals surface area contributed by atoms with Crippen LogP contribution in [0.1, 0.15) is 43.0 Å². The van der Waals surface area contributed by atoms with E-state index in [2.05, 4.69) is 27.2 Å². The molecule has 2 saturated heterocycles. The van der Waals surface area contributed by atoms with E-state index in [1.54, 1.807) is 7.11 Å². The van der Waals surface area contributed by atoms with Crippen LogP contribution in [0.4, 0.5) is 0 Å². The number of methoxy groups -OCH3 is 1. The van der Waals surface area contributed by atoms with Crippen molar-refractivity contribution in [2.45, 2.75) is 50.2 Å². The molecule has 0 amide bonds. The summed E-state index contributed by atoms with van der Waals surface area (Å²) in [5, 5.41) is 3.32. The predicted molar refractivity (Wildman–Crippen MR) is 82.2 cm³/mol. The third-order valence-electron chi connectivity index (χ3n) is 5.00. The molecule has 2 atom stereocenters. The monoisotopic (exact) mass is 290 g/mol. The number of rotatable bonds is 6. The first kappa shape index (κ1) is 14.9. The number of hydrogen-bond acceptors (Lipinski definition) is 5. The van der Waals surface area contributed by atoms with Gasteiger partial charge < -0.3 is 15.0 Å². The van der Waals surface area contributed by atoms with Crippen molar-refractivity contribution in [2.75, 3.05) is 27.3 Å². The minimum Gasteiger partial charge on any atom is -0.383 e. The van der Waals surface area contributed by atoms with E-state index in [1.165, 1.54) is 25.7 Å². The highest BCUT2D eigenvalue weighted by molar-refractivity contribution is 5.10. The van der Waals surface area contributed by atoms with Crippen molar-refractivity contribution in [3.8, 4) is 0 Å².